The van der Waals surface area contributed by atoms with Gasteiger partial charge in [0.25, 0.3) is 0 Å². The van der Waals surface area contributed by atoms with Crippen LogP contribution in [0.3, 0.4) is 0 Å². The van der Waals surface area contributed by atoms with Crippen molar-refractivity contribution in [2.75, 3.05) is 6.61 Å². The number of benzene rings is 1. The molecule has 2 aliphatic carbocycles. The third-order valence-corrected chi connectivity index (χ3v) is 5.07. The van der Waals surface area contributed by atoms with Crippen molar-refractivity contribution in [2.24, 2.45) is 22.9 Å². The molecule has 2 saturated carbocycles. The molecule has 25 heavy (non-hydrogen) atoms. The average molecular weight is 345 g/mol. The molecule has 0 radical (unpaired) electrons. The normalized spacial score (nSPS) is 30.9. The summed E-state index contributed by atoms with van der Waals surface area (Å²) in [6.07, 6.45) is 3.81. The number of aliphatic hydroxyl groups excluding tert-OH is 2. The van der Waals surface area contributed by atoms with Gasteiger partial charge in [-0.05, 0) is 24.3 Å². The highest BCUT2D eigenvalue weighted by molar-refractivity contribution is 5.93. The number of rotatable bonds is 7. The van der Waals surface area contributed by atoms with Crippen molar-refractivity contribution >= 4 is 11.7 Å². The minimum atomic E-state index is -0.912. The first-order chi connectivity index (χ1) is 12.1. The molecule has 0 heterocycles. The lowest BCUT2D eigenvalue weighted by molar-refractivity contribution is -0.138. The lowest BCUT2D eigenvalue weighted by Crippen LogP contribution is -2.36. The largest absolute Gasteiger partial charge is 0.481 e. The molecular weight excluding hydrogens is 322 g/mol. The van der Waals surface area contributed by atoms with Crippen LogP contribution >= 0.6 is 0 Å². The van der Waals surface area contributed by atoms with Crippen molar-refractivity contribution in [1.29, 1.82) is 0 Å². The summed E-state index contributed by atoms with van der Waals surface area (Å²) in [6, 6.07) is 9.40. The Labute approximate surface area is 146 Å². The van der Waals surface area contributed by atoms with E-state index in [0.717, 1.165) is 17.7 Å². The van der Waals surface area contributed by atoms with Crippen LogP contribution in [-0.4, -0.2) is 39.7 Å². The van der Waals surface area contributed by atoms with Gasteiger partial charge in [0, 0.05) is 11.8 Å². The molecule has 0 saturated heterocycles. The summed E-state index contributed by atoms with van der Waals surface area (Å²) in [6.45, 7) is 0.0609. The Bertz CT molecular complexity index is 657. The lowest BCUT2D eigenvalue weighted by atomic mass is 9.71. The molecule has 1 aromatic carbocycles. The Balaban J connectivity index is 1.54. The predicted octanol–water partition coefficient (Wildman–Crippen LogP) is 2.14. The molecule has 0 amide bonds. The topological polar surface area (TPSA) is 99.4 Å². The van der Waals surface area contributed by atoms with E-state index in [9.17, 15) is 15.0 Å². The summed E-state index contributed by atoms with van der Waals surface area (Å²) in [7, 11) is 0. The first-order valence-electron chi connectivity index (χ1n) is 8.56. The number of hydrogen-bond donors (Lipinski definition) is 3. The summed E-state index contributed by atoms with van der Waals surface area (Å²) in [5.41, 5.74) is 1.72. The number of carbonyl (C=O) groups is 1. The standard InChI is InChI=1S/C19H23NO5/c21-17(12-4-2-1-3-5-12)7-6-13-14-10-16(15(14)11-18(13)22)20-25-9-8-19(23)24/h1-7,13-15,17-18,21-22H,8-11H2,(H,23,24)/t13?,14-,15-,17?,18?/m0/s1. The molecule has 0 aromatic heterocycles. The molecule has 0 aliphatic heterocycles. The SMILES string of the molecule is O=C(O)CCON=C1C[C@H]2C(C=CC(O)c3ccccc3)C(O)C[C@H]12. The smallest absolute Gasteiger partial charge is 0.306 e. The van der Waals surface area contributed by atoms with Gasteiger partial charge in [0.2, 0.25) is 0 Å². The van der Waals surface area contributed by atoms with Crippen LogP contribution in [0.4, 0.5) is 0 Å². The zero-order chi connectivity index (χ0) is 17.8. The molecule has 3 rings (SSSR count). The van der Waals surface area contributed by atoms with Crippen LogP contribution in [0.1, 0.15) is 30.9 Å². The first kappa shape index (κ1) is 17.6. The monoisotopic (exact) mass is 345 g/mol. The summed E-state index contributed by atoms with van der Waals surface area (Å²) in [4.78, 5) is 15.5. The van der Waals surface area contributed by atoms with Crippen LogP contribution in [0.15, 0.2) is 47.6 Å². The van der Waals surface area contributed by atoms with Gasteiger partial charge in [-0.25, -0.2) is 0 Å². The van der Waals surface area contributed by atoms with Gasteiger partial charge in [0.15, 0.2) is 0 Å². The van der Waals surface area contributed by atoms with Crippen LogP contribution in [0.2, 0.25) is 0 Å². The number of carboxylic acid groups (broad SMARTS) is 1. The highest BCUT2D eigenvalue weighted by Crippen LogP contribution is 2.49. The summed E-state index contributed by atoms with van der Waals surface area (Å²) in [5, 5.41) is 33.1. The zero-order valence-corrected chi connectivity index (χ0v) is 13.9. The molecular formula is C19H23NO5. The second-order valence-electron chi connectivity index (χ2n) is 6.65. The van der Waals surface area contributed by atoms with E-state index in [-0.39, 0.29) is 24.9 Å². The van der Waals surface area contributed by atoms with Crippen molar-refractivity contribution in [3.05, 3.63) is 48.0 Å². The third-order valence-electron chi connectivity index (χ3n) is 5.07. The Hall–Kier alpha value is -2.18. The predicted molar refractivity (Wildman–Crippen MR) is 91.9 cm³/mol. The van der Waals surface area contributed by atoms with Crippen LogP contribution in [0.25, 0.3) is 0 Å². The Morgan fingerprint density at radius 3 is 2.84 bits per heavy atom. The number of carboxylic acids is 1. The van der Waals surface area contributed by atoms with E-state index in [1.54, 1.807) is 6.08 Å². The van der Waals surface area contributed by atoms with Crippen LogP contribution in [0.5, 0.6) is 0 Å². The van der Waals surface area contributed by atoms with E-state index in [1.165, 1.54) is 0 Å². The zero-order valence-electron chi connectivity index (χ0n) is 13.9. The van der Waals surface area contributed by atoms with Crippen molar-refractivity contribution in [3.8, 4) is 0 Å². The molecule has 2 aliphatic rings. The van der Waals surface area contributed by atoms with Gasteiger partial charge in [0.1, 0.15) is 6.61 Å². The number of fused-ring (bicyclic) bond motifs is 1. The van der Waals surface area contributed by atoms with E-state index in [1.807, 2.05) is 36.4 Å². The Kier molecular flexibility index (Phi) is 5.50. The molecule has 5 atom stereocenters. The van der Waals surface area contributed by atoms with Crippen LogP contribution in [-0.2, 0) is 9.63 Å². The highest BCUT2D eigenvalue weighted by Gasteiger charge is 2.51. The summed E-state index contributed by atoms with van der Waals surface area (Å²) in [5.74, 6) is -0.425. The van der Waals surface area contributed by atoms with Gasteiger partial charge in [-0.3, -0.25) is 4.79 Å². The number of aliphatic hydroxyl groups is 2. The van der Waals surface area contributed by atoms with Crippen LogP contribution < -0.4 is 0 Å². The number of nitrogens with zero attached hydrogens (tertiary/aromatic N) is 1. The maximum Gasteiger partial charge on any atom is 0.306 e. The molecule has 2 fully saturated rings. The Morgan fingerprint density at radius 1 is 1.36 bits per heavy atom. The second-order valence-corrected chi connectivity index (χ2v) is 6.65. The minimum absolute atomic E-state index is 0.00123. The van der Waals surface area contributed by atoms with Gasteiger partial charge < -0.3 is 20.2 Å². The minimum Gasteiger partial charge on any atom is -0.481 e. The van der Waals surface area contributed by atoms with E-state index in [0.29, 0.717) is 12.3 Å². The molecule has 1 aromatic rings. The Morgan fingerprint density at radius 2 is 2.12 bits per heavy atom. The second kappa shape index (κ2) is 7.80. The molecule has 0 spiro atoms. The highest BCUT2D eigenvalue weighted by atomic mass is 16.6. The number of oxime groups is 1. The quantitative estimate of drug-likeness (QED) is 0.399. The molecule has 6 heteroatoms. The average Bonchev–Trinajstić information content (AvgIpc) is 2.84. The van der Waals surface area contributed by atoms with Gasteiger partial charge in [-0.15, -0.1) is 0 Å². The summed E-state index contributed by atoms with van der Waals surface area (Å²) < 4.78 is 0. The fourth-order valence-corrected chi connectivity index (χ4v) is 3.67. The van der Waals surface area contributed by atoms with Crippen molar-refractivity contribution in [2.45, 2.75) is 31.5 Å². The van der Waals surface area contributed by atoms with Crippen LogP contribution in [0, 0.1) is 17.8 Å². The first-order valence-corrected chi connectivity index (χ1v) is 8.56. The van der Waals surface area contributed by atoms with E-state index in [2.05, 4.69) is 5.16 Å². The molecule has 0 bridgehead atoms. The maximum atomic E-state index is 10.4. The fourth-order valence-electron chi connectivity index (χ4n) is 3.67. The van der Waals surface area contributed by atoms with Crippen molar-refractivity contribution < 1.29 is 25.0 Å². The van der Waals surface area contributed by atoms with Gasteiger partial charge >= 0.3 is 5.97 Å². The number of hydrogen-bond acceptors (Lipinski definition) is 5. The van der Waals surface area contributed by atoms with Crippen molar-refractivity contribution in [1.82, 2.24) is 0 Å². The molecule has 3 unspecified atom stereocenters. The molecule has 6 nitrogen and oxygen atoms in total. The number of aliphatic carboxylic acids is 1. The van der Waals surface area contributed by atoms with Gasteiger partial charge in [0.05, 0.1) is 24.3 Å². The lowest BCUT2D eigenvalue weighted by Gasteiger charge is -2.34. The van der Waals surface area contributed by atoms with Gasteiger partial charge in [-0.1, -0.05) is 47.6 Å². The van der Waals surface area contributed by atoms with E-state index in [4.69, 9.17) is 9.94 Å². The summed E-state index contributed by atoms with van der Waals surface area (Å²) >= 11 is 0. The van der Waals surface area contributed by atoms with Gasteiger partial charge in [-0.2, -0.15) is 0 Å². The third kappa shape index (κ3) is 4.08. The van der Waals surface area contributed by atoms with E-state index < -0.39 is 18.2 Å². The van der Waals surface area contributed by atoms with Crippen molar-refractivity contribution in [3.63, 3.8) is 0 Å². The maximum absolute atomic E-state index is 10.4. The molecule has 134 valence electrons. The fraction of sp³-hybridized carbons (Fsp3) is 0.474. The van der Waals surface area contributed by atoms with E-state index >= 15 is 0 Å². The molecule has 3 N–H and O–H groups in total.